The van der Waals surface area contributed by atoms with Crippen molar-refractivity contribution in [2.75, 3.05) is 25.6 Å². The largest absolute Gasteiger partial charge is 0.480 e. The van der Waals surface area contributed by atoms with Crippen LogP contribution in [0.2, 0.25) is 0 Å². The van der Waals surface area contributed by atoms with Crippen LogP contribution in [0.3, 0.4) is 0 Å². The van der Waals surface area contributed by atoms with E-state index in [2.05, 4.69) is 5.32 Å². The third-order valence-electron chi connectivity index (χ3n) is 3.14. The molecule has 1 atom stereocenters. The first kappa shape index (κ1) is 17.0. The number of aliphatic carboxylic acids is 1. The third kappa shape index (κ3) is 5.83. The number of benzene rings is 1. The molecule has 0 aliphatic rings. The van der Waals surface area contributed by atoms with E-state index < -0.39 is 12.0 Å². The van der Waals surface area contributed by atoms with Gasteiger partial charge in [0.15, 0.2) is 0 Å². The van der Waals surface area contributed by atoms with Gasteiger partial charge in [0.2, 0.25) is 5.91 Å². The average Bonchev–Trinajstić information content (AvgIpc) is 2.45. The van der Waals surface area contributed by atoms with Crippen LogP contribution in [0.15, 0.2) is 24.3 Å². The fourth-order valence-electron chi connectivity index (χ4n) is 1.87. The highest BCUT2D eigenvalue weighted by molar-refractivity contribution is 5.83. The Balaban J connectivity index is 2.46. The second-order valence-corrected chi connectivity index (χ2v) is 5.03. The topological polar surface area (TPSA) is 89.9 Å². The molecule has 21 heavy (non-hydrogen) atoms. The van der Waals surface area contributed by atoms with Crippen LogP contribution in [-0.4, -0.2) is 48.8 Å². The molecule has 0 aliphatic carbocycles. The Hall–Kier alpha value is -2.08. The minimum Gasteiger partial charge on any atom is -0.480 e. The van der Waals surface area contributed by atoms with E-state index in [1.54, 1.807) is 0 Å². The number of rotatable bonds is 8. The summed E-state index contributed by atoms with van der Waals surface area (Å²) in [7, 11) is 3.91. The minimum atomic E-state index is -1.13. The molecule has 6 nitrogen and oxygen atoms in total. The summed E-state index contributed by atoms with van der Waals surface area (Å²) in [5.74, 6) is -1.46. The van der Waals surface area contributed by atoms with Gasteiger partial charge in [-0.25, -0.2) is 4.79 Å². The summed E-state index contributed by atoms with van der Waals surface area (Å²) in [6.45, 7) is -0.275. The Labute approximate surface area is 124 Å². The number of carboxylic acid groups (broad SMARTS) is 1. The smallest absolute Gasteiger partial charge is 0.326 e. The maximum Gasteiger partial charge on any atom is 0.326 e. The van der Waals surface area contributed by atoms with Crippen molar-refractivity contribution < 1.29 is 19.8 Å². The highest BCUT2D eigenvalue weighted by Gasteiger charge is 2.18. The Morgan fingerprint density at radius 1 is 1.24 bits per heavy atom. The van der Waals surface area contributed by atoms with Crippen molar-refractivity contribution in [2.24, 2.45) is 0 Å². The molecule has 0 radical (unpaired) electrons. The lowest BCUT2D eigenvalue weighted by atomic mass is 10.1. The van der Waals surface area contributed by atoms with Crippen LogP contribution in [0.5, 0.6) is 0 Å². The van der Waals surface area contributed by atoms with E-state index in [1.807, 2.05) is 43.3 Å². The summed E-state index contributed by atoms with van der Waals surface area (Å²) in [6, 6.07) is 6.81. The fourth-order valence-corrected chi connectivity index (χ4v) is 1.87. The number of amides is 1. The number of aliphatic hydroxyl groups excluding tert-OH is 1. The molecule has 0 saturated carbocycles. The summed E-state index contributed by atoms with van der Waals surface area (Å²) < 4.78 is 0. The number of carbonyl (C=O) groups is 2. The number of hydrogen-bond acceptors (Lipinski definition) is 4. The number of nitrogens with zero attached hydrogens (tertiary/aromatic N) is 1. The molecule has 0 fully saturated rings. The molecular weight excluding hydrogens is 272 g/mol. The van der Waals surface area contributed by atoms with Gasteiger partial charge in [0, 0.05) is 39.2 Å². The summed E-state index contributed by atoms with van der Waals surface area (Å²) in [5.41, 5.74) is 2.10. The number of aliphatic hydroxyl groups is 1. The summed E-state index contributed by atoms with van der Waals surface area (Å²) in [5, 5.41) is 20.1. The maximum absolute atomic E-state index is 11.7. The van der Waals surface area contributed by atoms with Gasteiger partial charge in [-0.05, 0) is 24.1 Å². The van der Waals surface area contributed by atoms with Crippen LogP contribution < -0.4 is 10.2 Å². The number of hydrogen-bond donors (Lipinski definition) is 3. The minimum absolute atomic E-state index is 0.0125. The van der Waals surface area contributed by atoms with E-state index in [-0.39, 0.29) is 25.4 Å². The molecule has 0 spiro atoms. The van der Waals surface area contributed by atoms with Crippen LogP contribution >= 0.6 is 0 Å². The predicted octanol–water partition coefficient (Wildman–Crippen LogP) is 0.637. The Bertz CT molecular complexity index is 471. The molecule has 0 bridgehead atoms. The molecular formula is C15H22N2O4. The van der Waals surface area contributed by atoms with Crippen LogP contribution in [0, 0.1) is 0 Å². The number of carboxylic acids is 1. The van der Waals surface area contributed by atoms with Crippen molar-refractivity contribution in [3.63, 3.8) is 0 Å². The van der Waals surface area contributed by atoms with Crippen molar-refractivity contribution in [1.29, 1.82) is 0 Å². The summed E-state index contributed by atoms with van der Waals surface area (Å²) in [4.78, 5) is 24.6. The van der Waals surface area contributed by atoms with E-state index in [0.717, 1.165) is 11.3 Å². The van der Waals surface area contributed by atoms with Gasteiger partial charge in [-0.15, -0.1) is 0 Å². The second-order valence-electron chi connectivity index (χ2n) is 5.03. The van der Waals surface area contributed by atoms with Crippen LogP contribution in [0.4, 0.5) is 5.69 Å². The van der Waals surface area contributed by atoms with Crippen LogP contribution in [0.25, 0.3) is 0 Å². The Morgan fingerprint density at radius 2 is 1.86 bits per heavy atom. The number of nitrogens with one attached hydrogen (secondary N) is 1. The first-order chi connectivity index (χ1) is 9.93. The average molecular weight is 294 g/mol. The Kier molecular flexibility index (Phi) is 6.68. The van der Waals surface area contributed by atoms with Gasteiger partial charge in [-0.2, -0.15) is 0 Å². The number of anilines is 1. The fraction of sp³-hybridized carbons (Fsp3) is 0.467. The zero-order valence-corrected chi connectivity index (χ0v) is 12.4. The van der Waals surface area contributed by atoms with Crippen molar-refractivity contribution in [3.8, 4) is 0 Å². The SMILES string of the molecule is CN(C)c1ccc(CCC(=O)N[C@H](CCO)C(=O)O)cc1. The van der Waals surface area contributed by atoms with Gasteiger partial charge in [-0.3, -0.25) is 4.79 Å². The zero-order chi connectivity index (χ0) is 15.8. The number of aryl methyl sites for hydroxylation is 1. The lowest BCUT2D eigenvalue weighted by Crippen LogP contribution is -2.41. The van der Waals surface area contributed by atoms with Crippen LogP contribution in [0.1, 0.15) is 18.4 Å². The predicted molar refractivity (Wildman–Crippen MR) is 80.4 cm³/mol. The highest BCUT2D eigenvalue weighted by Crippen LogP contribution is 2.13. The molecule has 1 aromatic rings. The van der Waals surface area contributed by atoms with Crippen molar-refractivity contribution in [1.82, 2.24) is 5.32 Å². The zero-order valence-electron chi connectivity index (χ0n) is 12.4. The molecule has 0 unspecified atom stereocenters. The van der Waals surface area contributed by atoms with E-state index in [9.17, 15) is 9.59 Å². The standard InChI is InChI=1S/C15H22N2O4/c1-17(2)12-6-3-11(4-7-12)5-8-14(19)16-13(9-10-18)15(20)21/h3-4,6-7,13,18H,5,8-10H2,1-2H3,(H,16,19)(H,20,21)/t13-/m1/s1. The van der Waals surface area contributed by atoms with E-state index in [4.69, 9.17) is 10.2 Å². The van der Waals surface area contributed by atoms with Crippen LogP contribution in [-0.2, 0) is 16.0 Å². The van der Waals surface area contributed by atoms with E-state index in [1.165, 1.54) is 0 Å². The van der Waals surface area contributed by atoms with Crippen molar-refractivity contribution >= 4 is 17.6 Å². The maximum atomic E-state index is 11.7. The van der Waals surface area contributed by atoms with Gasteiger partial charge >= 0.3 is 5.97 Å². The molecule has 6 heteroatoms. The molecule has 1 amide bonds. The number of carbonyl (C=O) groups excluding carboxylic acids is 1. The lowest BCUT2D eigenvalue weighted by Gasteiger charge is -2.14. The van der Waals surface area contributed by atoms with Gasteiger partial charge in [-0.1, -0.05) is 12.1 Å². The summed E-state index contributed by atoms with van der Waals surface area (Å²) in [6.07, 6.45) is 0.778. The summed E-state index contributed by atoms with van der Waals surface area (Å²) >= 11 is 0. The van der Waals surface area contributed by atoms with Crippen molar-refractivity contribution in [3.05, 3.63) is 29.8 Å². The third-order valence-corrected chi connectivity index (χ3v) is 3.14. The molecule has 1 rings (SSSR count). The molecule has 116 valence electrons. The van der Waals surface area contributed by atoms with Gasteiger partial charge in [0.05, 0.1) is 0 Å². The van der Waals surface area contributed by atoms with Gasteiger partial charge in [0.1, 0.15) is 6.04 Å². The first-order valence-electron chi connectivity index (χ1n) is 6.83. The Morgan fingerprint density at radius 3 is 2.33 bits per heavy atom. The lowest BCUT2D eigenvalue weighted by molar-refractivity contribution is -0.142. The van der Waals surface area contributed by atoms with E-state index in [0.29, 0.717) is 6.42 Å². The monoisotopic (exact) mass is 294 g/mol. The molecule has 3 N–H and O–H groups in total. The quantitative estimate of drug-likeness (QED) is 0.654. The van der Waals surface area contributed by atoms with Gasteiger partial charge in [0.25, 0.3) is 0 Å². The van der Waals surface area contributed by atoms with Gasteiger partial charge < -0.3 is 20.4 Å². The molecule has 1 aromatic carbocycles. The first-order valence-corrected chi connectivity index (χ1v) is 6.83. The molecule has 0 heterocycles. The molecule has 0 aromatic heterocycles. The van der Waals surface area contributed by atoms with Crippen molar-refractivity contribution in [2.45, 2.75) is 25.3 Å². The van der Waals surface area contributed by atoms with E-state index >= 15 is 0 Å². The normalized spacial score (nSPS) is 11.8. The second kappa shape index (κ2) is 8.26. The highest BCUT2D eigenvalue weighted by atomic mass is 16.4. The molecule has 0 saturated heterocycles. The molecule has 0 aliphatic heterocycles.